The molecule has 1 saturated carbocycles. The van der Waals surface area contributed by atoms with Crippen LogP contribution in [0.4, 0.5) is 5.69 Å². The molecule has 1 aliphatic rings. The number of aromatic nitrogens is 2. The van der Waals surface area contributed by atoms with E-state index in [1.807, 2.05) is 40.1 Å². The number of hydrogen-bond acceptors (Lipinski definition) is 6. The van der Waals surface area contributed by atoms with Gasteiger partial charge in [0.2, 0.25) is 0 Å². The maximum absolute atomic E-state index is 13.9. The lowest BCUT2D eigenvalue weighted by Gasteiger charge is -2.29. The lowest BCUT2D eigenvalue weighted by molar-refractivity contribution is 0.103. The van der Waals surface area contributed by atoms with Crippen molar-refractivity contribution in [2.24, 2.45) is 17.0 Å². The molecular weight excluding hydrogens is 452 g/mol. The normalized spacial score (nSPS) is 21.1. The van der Waals surface area contributed by atoms with Crippen LogP contribution in [0.5, 0.6) is 0 Å². The van der Waals surface area contributed by atoms with E-state index in [4.69, 9.17) is 9.32 Å². The van der Waals surface area contributed by atoms with Crippen LogP contribution >= 0.6 is 0 Å². The maximum atomic E-state index is 13.9. The number of hydrogen-bond donors (Lipinski definition) is 1. The Morgan fingerprint density at radius 1 is 1.26 bits per heavy atom. The number of pyridine rings is 1. The van der Waals surface area contributed by atoms with Crippen molar-refractivity contribution in [3.63, 3.8) is 0 Å². The van der Waals surface area contributed by atoms with Gasteiger partial charge in [0.15, 0.2) is 5.78 Å². The fourth-order valence-corrected chi connectivity index (χ4v) is 5.48. The summed E-state index contributed by atoms with van der Waals surface area (Å²) in [4.78, 5) is 20.5. The minimum absolute atomic E-state index is 0.0313. The Kier molecular flexibility index (Phi) is 7.32. The summed E-state index contributed by atoms with van der Waals surface area (Å²) in [6, 6.07) is 2.03. The third-order valence-corrected chi connectivity index (χ3v) is 7.74. The summed E-state index contributed by atoms with van der Waals surface area (Å²) in [5.41, 5.74) is 4.75. The van der Waals surface area contributed by atoms with Gasteiger partial charge < -0.3 is 9.47 Å². The second kappa shape index (κ2) is 9.43. The van der Waals surface area contributed by atoms with Crippen LogP contribution in [0.25, 0.3) is 0 Å². The number of carbonyl (C=O) groups excluding carboxylic acids is 1. The molecule has 8 nitrogen and oxygen atoms in total. The zero-order valence-corrected chi connectivity index (χ0v) is 22.4. The minimum atomic E-state index is -3.96. The summed E-state index contributed by atoms with van der Waals surface area (Å²) < 4.78 is 29.5. The number of aryl methyl sites for hydroxylation is 1. The Bertz CT molecular complexity index is 1180. The van der Waals surface area contributed by atoms with E-state index in [9.17, 15) is 13.2 Å². The zero-order valence-electron chi connectivity index (χ0n) is 21.5. The summed E-state index contributed by atoms with van der Waals surface area (Å²) >= 11 is 0. The van der Waals surface area contributed by atoms with E-state index in [2.05, 4.69) is 42.1 Å². The van der Waals surface area contributed by atoms with Gasteiger partial charge in [0.1, 0.15) is 0 Å². The molecule has 0 bridgehead atoms. The molecule has 9 heteroatoms. The van der Waals surface area contributed by atoms with E-state index >= 15 is 0 Å². The Labute approximate surface area is 203 Å². The first-order valence-corrected chi connectivity index (χ1v) is 13.2. The molecule has 0 saturated heterocycles. The van der Waals surface area contributed by atoms with Crippen molar-refractivity contribution < 1.29 is 17.4 Å². The predicted molar refractivity (Wildman–Crippen MR) is 134 cm³/mol. The molecule has 2 heterocycles. The molecule has 0 aliphatic heterocycles. The first kappa shape index (κ1) is 26.4. The second-order valence-electron chi connectivity index (χ2n) is 10.7. The van der Waals surface area contributed by atoms with E-state index in [0.29, 0.717) is 16.8 Å². The summed E-state index contributed by atoms with van der Waals surface area (Å²) in [5.74, 6) is 0.303. The van der Waals surface area contributed by atoms with Crippen LogP contribution in [0, 0.1) is 32.6 Å². The average Bonchev–Trinajstić information content (AvgIpc) is 3.24. The predicted octanol–water partition coefficient (Wildman–Crippen LogP) is 3.87. The van der Waals surface area contributed by atoms with Gasteiger partial charge in [-0.3, -0.25) is 14.0 Å². The SMILES string of the molecule is Cc1nccc(N(C)[C@@H]2C[C@H](COS(N)(=O)=O)[C@@H](C)C2)c1C(=O)c1cn(C(C)(C)C)c(C)c1C. The molecular formula is C25H38N4O4S. The third-order valence-electron chi connectivity index (χ3n) is 7.28. The highest BCUT2D eigenvalue weighted by Gasteiger charge is 2.36. The standard InChI is InChI=1S/C25H38N4O4S/c1-15-11-20(12-19(15)14-33-34(26,31)32)28(8)22-9-10-27-17(3)23(22)24(30)21-13-29(25(5,6)7)18(4)16(21)2/h9-10,13,15,19-20H,11-12,14H2,1-8H3,(H2,26,31,32)/t15-,19+,20-/m0/s1. The van der Waals surface area contributed by atoms with Crippen LogP contribution in [0.3, 0.4) is 0 Å². The van der Waals surface area contributed by atoms with Crippen LogP contribution in [0.15, 0.2) is 18.5 Å². The molecule has 0 unspecified atom stereocenters. The van der Waals surface area contributed by atoms with Crippen LogP contribution in [0.1, 0.15) is 73.4 Å². The molecule has 34 heavy (non-hydrogen) atoms. The highest BCUT2D eigenvalue weighted by Crippen LogP contribution is 2.38. The van der Waals surface area contributed by atoms with Gasteiger partial charge in [-0.2, -0.15) is 8.42 Å². The van der Waals surface area contributed by atoms with Crippen molar-refractivity contribution in [3.05, 3.63) is 46.5 Å². The first-order chi connectivity index (χ1) is 15.6. The van der Waals surface area contributed by atoms with Crippen molar-refractivity contribution in [2.75, 3.05) is 18.6 Å². The van der Waals surface area contributed by atoms with Gasteiger partial charge in [-0.1, -0.05) is 6.92 Å². The number of anilines is 1. The maximum Gasteiger partial charge on any atom is 0.333 e. The molecule has 1 fully saturated rings. The molecule has 0 amide bonds. The lowest BCUT2D eigenvalue weighted by atomic mass is 9.98. The van der Waals surface area contributed by atoms with Gasteiger partial charge in [-0.05, 0) is 77.8 Å². The van der Waals surface area contributed by atoms with Gasteiger partial charge >= 0.3 is 10.3 Å². The van der Waals surface area contributed by atoms with Crippen molar-refractivity contribution in [1.82, 2.24) is 9.55 Å². The quantitative estimate of drug-likeness (QED) is 0.591. The summed E-state index contributed by atoms with van der Waals surface area (Å²) in [7, 11) is -1.97. The monoisotopic (exact) mass is 490 g/mol. The average molecular weight is 491 g/mol. The van der Waals surface area contributed by atoms with Gasteiger partial charge in [0.05, 0.1) is 23.6 Å². The van der Waals surface area contributed by atoms with E-state index in [1.165, 1.54) is 0 Å². The molecule has 188 valence electrons. The molecule has 0 aromatic carbocycles. The van der Waals surface area contributed by atoms with Crippen LogP contribution in [-0.2, 0) is 20.0 Å². The molecule has 0 spiro atoms. The fourth-order valence-electron chi connectivity index (χ4n) is 5.11. The minimum Gasteiger partial charge on any atom is -0.371 e. The van der Waals surface area contributed by atoms with Gasteiger partial charge in [-0.15, -0.1) is 0 Å². The molecule has 2 N–H and O–H groups in total. The number of carbonyl (C=O) groups is 1. The van der Waals surface area contributed by atoms with Gasteiger partial charge in [-0.25, -0.2) is 5.14 Å². The Morgan fingerprint density at radius 3 is 2.47 bits per heavy atom. The van der Waals surface area contributed by atoms with Gasteiger partial charge in [0.25, 0.3) is 0 Å². The number of nitrogens with two attached hydrogens (primary N) is 1. The van der Waals surface area contributed by atoms with Crippen molar-refractivity contribution in [1.29, 1.82) is 0 Å². The van der Waals surface area contributed by atoms with E-state index < -0.39 is 10.3 Å². The third kappa shape index (κ3) is 5.37. The Balaban J connectivity index is 1.93. The van der Waals surface area contributed by atoms with E-state index in [0.717, 1.165) is 29.8 Å². The smallest absolute Gasteiger partial charge is 0.333 e. The van der Waals surface area contributed by atoms with E-state index in [1.54, 1.807) is 6.20 Å². The Morgan fingerprint density at radius 2 is 1.91 bits per heavy atom. The fraction of sp³-hybridized carbons (Fsp3) is 0.600. The summed E-state index contributed by atoms with van der Waals surface area (Å²) in [5, 5.41) is 5.01. The molecule has 2 aromatic rings. The number of rotatable bonds is 7. The molecule has 1 aliphatic carbocycles. The van der Waals surface area contributed by atoms with Crippen molar-refractivity contribution in [3.8, 4) is 0 Å². The van der Waals surface area contributed by atoms with E-state index in [-0.39, 0.29) is 35.8 Å². The van der Waals surface area contributed by atoms with Crippen LogP contribution < -0.4 is 10.0 Å². The molecule has 3 rings (SSSR count). The Hall–Kier alpha value is -2.23. The molecule has 0 radical (unpaired) electrons. The summed E-state index contributed by atoms with van der Waals surface area (Å²) in [6.07, 6.45) is 5.31. The van der Waals surface area contributed by atoms with Crippen LogP contribution in [-0.4, -0.2) is 43.4 Å². The topological polar surface area (TPSA) is 108 Å². The zero-order chi connectivity index (χ0) is 25.6. The molecule has 2 aromatic heterocycles. The van der Waals surface area contributed by atoms with Gasteiger partial charge in [0, 0.05) is 42.3 Å². The first-order valence-electron chi connectivity index (χ1n) is 11.7. The number of nitrogens with zero attached hydrogens (tertiary/aromatic N) is 3. The highest BCUT2D eigenvalue weighted by molar-refractivity contribution is 7.84. The number of ketones is 1. The van der Waals surface area contributed by atoms with Crippen LogP contribution in [0.2, 0.25) is 0 Å². The van der Waals surface area contributed by atoms with Crippen molar-refractivity contribution >= 4 is 21.8 Å². The largest absolute Gasteiger partial charge is 0.371 e. The molecule has 3 atom stereocenters. The second-order valence-corrected chi connectivity index (χ2v) is 11.9. The highest BCUT2D eigenvalue weighted by atomic mass is 32.2. The lowest BCUT2D eigenvalue weighted by Crippen LogP contribution is -2.31. The van der Waals surface area contributed by atoms with Crippen molar-refractivity contribution in [2.45, 2.75) is 72.9 Å². The summed E-state index contributed by atoms with van der Waals surface area (Å²) in [6.45, 7) is 14.4.